The van der Waals surface area contributed by atoms with Gasteiger partial charge in [0, 0.05) is 16.8 Å². The molecule has 0 aliphatic carbocycles. The fraction of sp³-hybridized carbons (Fsp3) is 0.278. The van der Waals surface area contributed by atoms with E-state index in [1.807, 2.05) is 69.3 Å². The Morgan fingerprint density at radius 1 is 1.09 bits per heavy atom. The standard InChI is InChI=1S/C18H21ClN2O/c1-12-7-4-5-10-17(12)21-18(22)14(3)20-13(2)15-8-6-9-16(19)11-15/h4-11,13-14,20H,1-3H3,(H,21,22). The van der Waals surface area contributed by atoms with Crippen LogP contribution in [-0.4, -0.2) is 11.9 Å². The molecule has 0 radical (unpaired) electrons. The predicted molar refractivity (Wildman–Crippen MR) is 92.3 cm³/mol. The van der Waals surface area contributed by atoms with Gasteiger partial charge in [-0.05, 0) is 50.1 Å². The van der Waals surface area contributed by atoms with E-state index in [0.717, 1.165) is 16.8 Å². The minimum Gasteiger partial charge on any atom is -0.324 e. The van der Waals surface area contributed by atoms with E-state index in [0.29, 0.717) is 5.02 Å². The molecule has 2 aromatic rings. The summed E-state index contributed by atoms with van der Waals surface area (Å²) >= 11 is 6.01. The highest BCUT2D eigenvalue weighted by Crippen LogP contribution is 2.18. The molecule has 0 bridgehead atoms. The lowest BCUT2D eigenvalue weighted by molar-refractivity contribution is -0.117. The third kappa shape index (κ3) is 4.33. The first-order chi connectivity index (χ1) is 10.5. The minimum atomic E-state index is -0.311. The number of hydrogen-bond donors (Lipinski definition) is 2. The summed E-state index contributed by atoms with van der Waals surface area (Å²) in [6.07, 6.45) is 0. The Bertz CT molecular complexity index is 657. The van der Waals surface area contributed by atoms with E-state index >= 15 is 0 Å². The Hall–Kier alpha value is -1.84. The number of anilines is 1. The smallest absolute Gasteiger partial charge is 0.241 e. The van der Waals surface area contributed by atoms with Gasteiger partial charge in [0.2, 0.25) is 5.91 Å². The highest BCUT2D eigenvalue weighted by atomic mass is 35.5. The fourth-order valence-corrected chi connectivity index (χ4v) is 2.48. The van der Waals surface area contributed by atoms with Crippen molar-refractivity contribution in [1.29, 1.82) is 0 Å². The summed E-state index contributed by atoms with van der Waals surface area (Å²) in [5, 5.41) is 6.94. The summed E-state index contributed by atoms with van der Waals surface area (Å²) in [4.78, 5) is 12.3. The van der Waals surface area contributed by atoms with Crippen molar-refractivity contribution in [2.75, 3.05) is 5.32 Å². The van der Waals surface area contributed by atoms with Crippen LogP contribution in [0.15, 0.2) is 48.5 Å². The van der Waals surface area contributed by atoms with E-state index < -0.39 is 0 Å². The summed E-state index contributed by atoms with van der Waals surface area (Å²) in [5.41, 5.74) is 2.95. The van der Waals surface area contributed by atoms with E-state index in [1.54, 1.807) is 0 Å². The lowest BCUT2D eigenvalue weighted by atomic mass is 10.1. The molecule has 22 heavy (non-hydrogen) atoms. The number of carbonyl (C=O) groups excluding carboxylic acids is 1. The molecule has 116 valence electrons. The predicted octanol–water partition coefficient (Wildman–Crippen LogP) is 4.33. The van der Waals surface area contributed by atoms with Gasteiger partial charge in [-0.1, -0.05) is 41.9 Å². The molecule has 0 aliphatic heterocycles. The number of halogens is 1. The molecular formula is C18H21ClN2O. The van der Waals surface area contributed by atoms with Gasteiger partial charge >= 0.3 is 0 Å². The maximum atomic E-state index is 12.3. The van der Waals surface area contributed by atoms with Crippen LogP contribution < -0.4 is 10.6 Å². The second kappa shape index (κ2) is 7.43. The molecular weight excluding hydrogens is 296 g/mol. The summed E-state index contributed by atoms with van der Waals surface area (Å²) in [6.45, 7) is 5.85. The van der Waals surface area contributed by atoms with Gasteiger partial charge in [-0.25, -0.2) is 0 Å². The van der Waals surface area contributed by atoms with Gasteiger partial charge in [-0.15, -0.1) is 0 Å². The molecule has 0 spiro atoms. The van der Waals surface area contributed by atoms with Gasteiger partial charge in [0.25, 0.3) is 0 Å². The van der Waals surface area contributed by atoms with Crippen LogP contribution in [0.25, 0.3) is 0 Å². The normalized spacial score (nSPS) is 13.5. The molecule has 2 N–H and O–H groups in total. The van der Waals surface area contributed by atoms with Crippen molar-refractivity contribution in [2.24, 2.45) is 0 Å². The van der Waals surface area contributed by atoms with Crippen LogP contribution in [0, 0.1) is 6.92 Å². The summed E-state index contributed by atoms with van der Waals surface area (Å²) < 4.78 is 0. The zero-order chi connectivity index (χ0) is 16.1. The van der Waals surface area contributed by atoms with Gasteiger partial charge in [-0.3, -0.25) is 10.1 Å². The van der Waals surface area contributed by atoms with E-state index in [9.17, 15) is 4.79 Å². The molecule has 0 aromatic heterocycles. The molecule has 1 amide bonds. The van der Waals surface area contributed by atoms with Crippen molar-refractivity contribution in [3.05, 3.63) is 64.7 Å². The van der Waals surface area contributed by atoms with Crippen molar-refractivity contribution in [3.63, 3.8) is 0 Å². The number of hydrogen-bond acceptors (Lipinski definition) is 2. The first kappa shape index (κ1) is 16.5. The Kier molecular flexibility index (Phi) is 5.58. The zero-order valence-corrected chi connectivity index (χ0v) is 13.8. The molecule has 2 rings (SSSR count). The van der Waals surface area contributed by atoms with E-state index in [1.165, 1.54) is 0 Å². The van der Waals surface area contributed by atoms with E-state index in [2.05, 4.69) is 10.6 Å². The number of rotatable bonds is 5. The van der Waals surface area contributed by atoms with Crippen LogP contribution in [0.1, 0.15) is 31.0 Å². The van der Waals surface area contributed by atoms with Crippen LogP contribution in [0.4, 0.5) is 5.69 Å². The third-order valence-corrected chi connectivity index (χ3v) is 3.88. The zero-order valence-electron chi connectivity index (χ0n) is 13.1. The quantitative estimate of drug-likeness (QED) is 0.862. The van der Waals surface area contributed by atoms with Gasteiger partial charge in [0.1, 0.15) is 0 Å². The van der Waals surface area contributed by atoms with Crippen LogP contribution in [0.2, 0.25) is 5.02 Å². The van der Waals surface area contributed by atoms with Gasteiger partial charge < -0.3 is 5.32 Å². The average Bonchev–Trinajstić information content (AvgIpc) is 2.49. The molecule has 3 nitrogen and oxygen atoms in total. The second-order valence-corrected chi connectivity index (χ2v) is 5.91. The van der Waals surface area contributed by atoms with Crippen LogP contribution in [0.5, 0.6) is 0 Å². The summed E-state index contributed by atoms with van der Waals surface area (Å²) in [6, 6.07) is 15.1. The second-order valence-electron chi connectivity index (χ2n) is 5.47. The Morgan fingerprint density at radius 2 is 1.82 bits per heavy atom. The van der Waals surface area contributed by atoms with Crippen molar-refractivity contribution in [3.8, 4) is 0 Å². The number of para-hydroxylation sites is 1. The number of benzene rings is 2. The van der Waals surface area contributed by atoms with Gasteiger partial charge in [-0.2, -0.15) is 0 Å². The molecule has 0 saturated carbocycles. The summed E-state index contributed by atoms with van der Waals surface area (Å²) in [7, 11) is 0. The van der Waals surface area contributed by atoms with Gasteiger partial charge in [0.05, 0.1) is 6.04 Å². The highest BCUT2D eigenvalue weighted by Gasteiger charge is 2.17. The number of carbonyl (C=O) groups is 1. The van der Waals surface area contributed by atoms with Crippen LogP contribution >= 0.6 is 11.6 Å². The molecule has 2 aromatic carbocycles. The molecule has 2 unspecified atom stereocenters. The van der Waals surface area contributed by atoms with Gasteiger partial charge in [0.15, 0.2) is 0 Å². The summed E-state index contributed by atoms with van der Waals surface area (Å²) in [5.74, 6) is -0.0526. The number of nitrogens with one attached hydrogen (secondary N) is 2. The van der Waals surface area contributed by atoms with Crippen LogP contribution in [0.3, 0.4) is 0 Å². The first-order valence-corrected chi connectivity index (χ1v) is 7.73. The monoisotopic (exact) mass is 316 g/mol. The first-order valence-electron chi connectivity index (χ1n) is 7.35. The maximum Gasteiger partial charge on any atom is 0.241 e. The third-order valence-electron chi connectivity index (χ3n) is 3.64. The molecule has 0 aliphatic rings. The molecule has 0 saturated heterocycles. The average molecular weight is 317 g/mol. The van der Waals surface area contributed by atoms with Crippen molar-refractivity contribution < 1.29 is 4.79 Å². The van der Waals surface area contributed by atoms with Crippen molar-refractivity contribution >= 4 is 23.2 Å². The van der Waals surface area contributed by atoms with Crippen LogP contribution in [-0.2, 0) is 4.79 Å². The maximum absolute atomic E-state index is 12.3. The highest BCUT2D eigenvalue weighted by molar-refractivity contribution is 6.30. The molecule has 0 heterocycles. The van der Waals surface area contributed by atoms with Crippen molar-refractivity contribution in [2.45, 2.75) is 32.9 Å². The fourth-order valence-electron chi connectivity index (χ4n) is 2.28. The van der Waals surface area contributed by atoms with Crippen molar-refractivity contribution in [1.82, 2.24) is 5.32 Å². The molecule has 0 fully saturated rings. The largest absolute Gasteiger partial charge is 0.324 e. The molecule has 4 heteroatoms. The SMILES string of the molecule is Cc1ccccc1NC(=O)C(C)NC(C)c1cccc(Cl)c1. The lowest BCUT2D eigenvalue weighted by Gasteiger charge is -2.20. The number of amides is 1. The Labute approximate surface area is 136 Å². The Balaban J connectivity index is 1.98. The number of aryl methyl sites for hydroxylation is 1. The topological polar surface area (TPSA) is 41.1 Å². The van der Waals surface area contributed by atoms with E-state index in [-0.39, 0.29) is 18.0 Å². The van der Waals surface area contributed by atoms with E-state index in [4.69, 9.17) is 11.6 Å². The minimum absolute atomic E-state index is 0.0383. The molecule has 2 atom stereocenters. The Morgan fingerprint density at radius 3 is 2.50 bits per heavy atom. The lowest BCUT2D eigenvalue weighted by Crippen LogP contribution is -2.39.